The average molecular weight is 247 g/mol. The van der Waals surface area contributed by atoms with Gasteiger partial charge in [0.2, 0.25) is 0 Å². The molecule has 0 fully saturated rings. The van der Waals surface area contributed by atoms with Gasteiger partial charge in [0.05, 0.1) is 0 Å². The molecule has 2 rings (SSSR count). The van der Waals surface area contributed by atoms with Crippen molar-refractivity contribution in [1.82, 2.24) is 24.7 Å². The minimum absolute atomic E-state index is 0.634. The van der Waals surface area contributed by atoms with E-state index in [2.05, 4.69) is 32.4 Å². The quantitative estimate of drug-likeness (QED) is 0.616. The van der Waals surface area contributed by atoms with Crippen molar-refractivity contribution in [2.45, 2.75) is 33.6 Å². The first-order valence-electron chi connectivity index (χ1n) is 5.88. The number of hydrogen-bond acceptors (Lipinski definition) is 6. The Morgan fingerprint density at radius 2 is 2.11 bits per heavy atom. The van der Waals surface area contributed by atoms with Gasteiger partial charge in [0, 0.05) is 5.56 Å². The third-order valence-electron chi connectivity index (χ3n) is 2.63. The summed E-state index contributed by atoms with van der Waals surface area (Å²) in [5.74, 6) is 8.37. The standard InChI is InChI=1S/C11H17N7/c1-4-5-9-10(16-12)13-6-14-11(9)18-8(3)15-7(2)17-18/h6H,4-5,12H2,1-3H3,(H,13,14,16). The normalized spacial score (nSPS) is 10.7. The highest BCUT2D eigenvalue weighted by Gasteiger charge is 2.15. The van der Waals surface area contributed by atoms with Crippen molar-refractivity contribution in [3.63, 3.8) is 0 Å². The van der Waals surface area contributed by atoms with E-state index < -0.39 is 0 Å². The van der Waals surface area contributed by atoms with Crippen molar-refractivity contribution in [3.05, 3.63) is 23.5 Å². The van der Waals surface area contributed by atoms with E-state index in [4.69, 9.17) is 5.84 Å². The highest BCUT2D eigenvalue weighted by atomic mass is 15.4. The summed E-state index contributed by atoms with van der Waals surface area (Å²) in [6.45, 7) is 5.84. The Labute approximate surface area is 105 Å². The summed E-state index contributed by atoms with van der Waals surface area (Å²) in [5.41, 5.74) is 3.56. The highest BCUT2D eigenvalue weighted by molar-refractivity contribution is 5.51. The van der Waals surface area contributed by atoms with Crippen molar-refractivity contribution < 1.29 is 0 Å². The van der Waals surface area contributed by atoms with Crippen LogP contribution in [-0.2, 0) is 6.42 Å². The van der Waals surface area contributed by atoms with E-state index >= 15 is 0 Å². The second-order valence-electron chi connectivity index (χ2n) is 4.04. The van der Waals surface area contributed by atoms with E-state index in [0.29, 0.717) is 5.82 Å². The lowest BCUT2D eigenvalue weighted by Crippen LogP contribution is -2.15. The molecule has 7 heteroatoms. The molecule has 7 nitrogen and oxygen atoms in total. The molecule has 0 radical (unpaired) electrons. The highest BCUT2D eigenvalue weighted by Crippen LogP contribution is 2.20. The molecule has 2 aromatic heterocycles. The van der Waals surface area contributed by atoms with Gasteiger partial charge in [0.1, 0.15) is 23.8 Å². The maximum Gasteiger partial charge on any atom is 0.164 e. The molecule has 0 atom stereocenters. The molecule has 0 bridgehead atoms. The van der Waals surface area contributed by atoms with Crippen LogP contribution in [0.25, 0.3) is 5.82 Å². The first-order chi connectivity index (χ1) is 8.67. The Balaban J connectivity index is 2.59. The van der Waals surface area contributed by atoms with Crippen LogP contribution in [0.2, 0.25) is 0 Å². The molecule has 0 aliphatic heterocycles. The number of aromatic nitrogens is 5. The first kappa shape index (κ1) is 12.4. The fourth-order valence-electron chi connectivity index (χ4n) is 1.91. The summed E-state index contributed by atoms with van der Waals surface area (Å²) in [6, 6.07) is 0. The van der Waals surface area contributed by atoms with Crippen molar-refractivity contribution in [2.24, 2.45) is 5.84 Å². The summed E-state index contributed by atoms with van der Waals surface area (Å²) < 4.78 is 1.73. The third-order valence-corrected chi connectivity index (χ3v) is 2.63. The van der Waals surface area contributed by atoms with Gasteiger partial charge in [-0.2, -0.15) is 4.68 Å². The number of nitrogens with two attached hydrogens (primary N) is 1. The van der Waals surface area contributed by atoms with Crippen LogP contribution in [0, 0.1) is 13.8 Å². The van der Waals surface area contributed by atoms with Crippen molar-refractivity contribution in [3.8, 4) is 5.82 Å². The number of rotatable bonds is 4. The van der Waals surface area contributed by atoms with Gasteiger partial charge in [-0.05, 0) is 20.3 Å². The lowest BCUT2D eigenvalue weighted by Gasteiger charge is -2.11. The number of nitrogens with one attached hydrogen (secondary N) is 1. The van der Waals surface area contributed by atoms with Gasteiger partial charge < -0.3 is 5.43 Å². The Bertz CT molecular complexity index is 546. The monoisotopic (exact) mass is 247 g/mol. The Hall–Kier alpha value is -2.02. The lowest BCUT2D eigenvalue weighted by atomic mass is 10.1. The Kier molecular flexibility index (Phi) is 3.52. The lowest BCUT2D eigenvalue weighted by molar-refractivity contribution is 0.770. The molecule has 0 amide bonds. The van der Waals surface area contributed by atoms with Crippen LogP contribution >= 0.6 is 0 Å². The van der Waals surface area contributed by atoms with Crippen molar-refractivity contribution in [1.29, 1.82) is 0 Å². The number of nitrogens with zero attached hydrogens (tertiary/aromatic N) is 5. The smallest absolute Gasteiger partial charge is 0.164 e. The van der Waals surface area contributed by atoms with Crippen LogP contribution in [0.3, 0.4) is 0 Å². The van der Waals surface area contributed by atoms with Gasteiger partial charge in [0.15, 0.2) is 5.82 Å². The maximum absolute atomic E-state index is 5.49. The molecule has 0 aliphatic rings. The van der Waals surface area contributed by atoms with E-state index in [0.717, 1.165) is 35.9 Å². The zero-order valence-corrected chi connectivity index (χ0v) is 10.8. The number of nitrogen functional groups attached to an aromatic ring is 1. The summed E-state index contributed by atoms with van der Waals surface area (Å²) in [4.78, 5) is 12.7. The second-order valence-corrected chi connectivity index (χ2v) is 4.04. The van der Waals surface area contributed by atoms with Crippen LogP contribution in [0.4, 0.5) is 5.82 Å². The van der Waals surface area contributed by atoms with Crippen LogP contribution in [0.5, 0.6) is 0 Å². The first-order valence-corrected chi connectivity index (χ1v) is 5.88. The van der Waals surface area contributed by atoms with E-state index in [-0.39, 0.29) is 0 Å². The van der Waals surface area contributed by atoms with E-state index in [1.807, 2.05) is 13.8 Å². The molecule has 3 N–H and O–H groups in total. The average Bonchev–Trinajstić information content (AvgIpc) is 2.69. The molecule has 0 aliphatic carbocycles. The summed E-state index contributed by atoms with van der Waals surface area (Å²) >= 11 is 0. The largest absolute Gasteiger partial charge is 0.308 e. The second kappa shape index (κ2) is 5.09. The van der Waals surface area contributed by atoms with Crippen LogP contribution < -0.4 is 11.3 Å². The Morgan fingerprint density at radius 3 is 2.67 bits per heavy atom. The molecule has 18 heavy (non-hydrogen) atoms. The van der Waals surface area contributed by atoms with Gasteiger partial charge in [-0.1, -0.05) is 13.3 Å². The zero-order valence-electron chi connectivity index (χ0n) is 10.8. The predicted octanol–water partition coefficient (Wildman–Crippen LogP) is 0.912. The molecular weight excluding hydrogens is 230 g/mol. The number of aryl methyl sites for hydroxylation is 2. The molecule has 0 saturated heterocycles. The van der Waals surface area contributed by atoms with E-state index in [1.165, 1.54) is 6.33 Å². The van der Waals surface area contributed by atoms with Crippen LogP contribution in [-0.4, -0.2) is 24.7 Å². The van der Waals surface area contributed by atoms with Crippen molar-refractivity contribution in [2.75, 3.05) is 5.43 Å². The molecule has 96 valence electrons. The van der Waals surface area contributed by atoms with Gasteiger partial charge >= 0.3 is 0 Å². The number of anilines is 1. The van der Waals surface area contributed by atoms with Crippen LogP contribution in [0.15, 0.2) is 6.33 Å². The number of hydrogen-bond donors (Lipinski definition) is 2. The SMILES string of the molecule is CCCc1c(NN)ncnc1-n1nc(C)nc1C. The minimum Gasteiger partial charge on any atom is -0.308 e. The summed E-state index contributed by atoms with van der Waals surface area (Å²) in [7, 11) is 0. The molecule has 0 saturated carbocycles. The fraction of sp³-hybridized carbons (Fsp3) is 0.455. The summed E-state index contributed by atoms with van der Waals surface area (Å²) in [5, 5.41) is 4.35. The third kappa shape index (κ3) is 2.17. The zero-order chi connectivity index (χ0) is 13.1. The molecule has 0 unspecified atom stereocenters. The van der Waals surface area contributed by atoms with E-state index in [1.54, 1.807) is 4.68 Å². The topological polar surface area (TPSA) is 94.5 Å². The molecular formula is C11H17N7. The number of hydrazine groups is 1. The molecule has 0 aromatic carbocycles. The van der Waals surface area contributed by atoms with E-state index in [9.17, 15) is 0 Å². The van der Waals surface area contributed by atoms with Gasteiger partial charge in [-0.3, -0.25) is 0 Å². The van der Waals surface area contributed by atoms with Crippen molar-refractivity contribution >= 4 is 5.82 Å². The van der Waals surface area contributed by atoms with Crippen LogP contribution in [0.1, 0.15) is 30.6 Å². The fourth-order valence-corrected chi connectivity index (χ4v) is 1.91. The predicted molar refractivity (Wildman–Crippen MR) is 68.2 cm³/mol. The van der Waals surface area contributed by atoms with Gasteiger partial charge in [-0.15, -0.1) is 5.10 Å². The molecule has 2 heterocycles. The maximum atomic E-state index is 5.49. The van der Waals surface area contributed by atoms with Gasteiger partial charge in [0.25, 0.3) is 0 Å². The minimum atomic E-state index is 0.634. The molecule has 2 aromatic rings. The Morgan fingerprint density at radius 1 is 1.33 bits per heavy atom. The molecule has 0 spiro atoms. The van der Waals surface area contributed by atoms with Gasteiger partial charge in [-0.25, -0.2) is 20.8 Å². The summed E-state index contributed by atoms with van der Waals surface area (Å²) in [6.07, 6.45) is 3.27.